The van der Waals surface area contributed by atoms with Gasteiger partial charge in [-0.2, -0.15) is 0 Å². The second-order valence-electron chi connectivity index (χ2n) is 12.0. The Bertz CT molecular complexity index is 894. The first-order chi connectivity index (χ1) is 21.0. The van der Waals surface area contributed by atoms with Gasteiger partial charge in [-0.05, 0) is 27.7 Å². The summed E-state index contributed by atoms with van der Waals surface area (Å²) in [5.74, 6) is -0.392. The number of carbonyl (C=O) groups is 1. The Morgan fingerprint density at radius 3 is 1.23 bits per heavy atom. The third-order valence-electron chi connectivity index (χ3n) is 8.94. The van der Waals surface area contributed by atoms with Gasteiger partial charge in [-0.25, -0.2) is 0 Å². The minimum absolute atomic E-state index is 0.309. The Morgan fingerprint density at radius 1 is 0.545 bits per heavy atom. The standard InChI is InChI=1S/C30H52O14/c1-14-28(19(33-6)10-23(32)37-14)42-25-12-21(35-8)30(16(3)39-25)44-26-13-22(36-9)29(17(4)40-26)43-24-11-20(34-7)27(15(2)38-24)41-18(5)31/h14-17,19-30,32H,10-13H2,1-9H3/t14-,15-,16-,17-,19-,20-,21-,22-,23?,24-,25-,26-,27-,28-,29-,30-/m0/s1. The predicted octanol–water partition coefficient (Wildman–Crippen LogP) is 1.67. The van der Waals surface area contributed by atoms with E-state index < -0.39 is 67.8 Å². The molecule has 0 bridgehead atoms. The first-order valence-corrected chi connectivity index (χ1v) is 15.5. The van der Waals surface area contributed by atoms with Gasteiger partial charge >= 0.3 is 5.97 Å². The molecule has 4 rings (SSSR count). The van der Waals surface area contributed by atoms with Crippen LogP contribution in [0.3, 0.4) is 0 Å². The van der Waals surface area contributed by atoms with E-state index in [1.807, 2.05) is 27.7 Å². The number of ether oxygens (including phenoxy) is 12. The molecule has 1 N–H and O–H groups in total. The van der Waals surface area contributed by atoms with Gasteiger partial charge in [-0.1, -0.05) is 0 Å². The minimum Gasteiger partial charge on any atom is -0.457 e. The number of esters is 1. The summed E-state index contributed by atoms with van der Waals surface area (Å²) in [7, 11) is 6.43. The molecule has 1 unspecified atom stereocenters. The van der Waals surface area contributed by atoms with Crippen molar-refractivity contribution in [1.29, 1.82) is 0 Å². The molecule has 0 saturated carbocycles. The van der Waals surface area contributed by atoms with Crippen LogP contribution in [-0.2, 0) is 61.6 Å². The Morgan fingerprint density at radius 2 is 0.864 bits per heavy atom. The van der Waals surface area contributed by atoms with E-state index in [0.717, 1.165) is 0 Å². The average Bonchev–Trinajstić information content (AvgIpc) is 2.97. The smallest absolute Gasteiger partial charge is 0.303 e. The van der Waals surface area contributed by atoms with E-state index in [9.17, 15) is 9.90 Å². The molecule has 16 atom stereocenters. The molecule has 14 nitrogen and oxygen atoms in total. The van der Waals surface area contributed by atoms with Crippen molar-refractivity contribution < 1.29 is 66.7 Å². The number of aliphatic hydroxyl groups excluding tert-OH is 1. The maximum atomic E-state index is 11.6. The molecule has 4 heterocycles. The van der Waals surface area contributed by atoms with Gasteiger partial charge in [0.2, 0.25) is 0 Å². The van der Waals surface area contributed by atoms with Crippen molar-refractivity contribution in [2.45, 2.75) is 159 Å². The van der Waals surface area contributed by atoms with Crippen molar-refractivity contribution in [3.8, 4) is 0 Å². The second-order valence-corrected chi connectivity index (χ2v) is 12.0. The molecule has 14 heteroatoms. The molecular formula is C30H52O14. The van der Waals surface area contributed by atoms with Gasteiger partial charge in [0.05, 0.1) is 42.7 Å². The third-order valence-corrected chi connectivity index (χ3v) is 8.94. The number of methoxy groups -OCH3 is 4. The lowest BCUT2D eigenvalue weighted by atomic mass is 9.98. The Kier molecular flexibility index (Phi) is 13.2. The summed E-state index contributed by atoms with van der Waals surface area (Å²) in [5, 5.41) is 9.96. The first-order valence-electron chi connectivity index (χ1n) is 15.5. The molecule has 4 saturated heterocycles. The highest BCUT2D eigenvalue weighted by Gasteiger charge is 2.48. The molecule has 44 heavy (non-hydrogen) atoms. The number of rotatable bonds is 11. The van der Waals surface area contributed by atoms with Gasteiger partial charge in [0, 0.05) is 61.0 Å². The van der Waals surface area contributed by atoms with Crippen molar-refractivity contribution >= 4 is 5.97 Å². The summed E-state index contributed by atoms with van der Waals surface area (Å²) < 4.78 is 71.6. The van der Waals surface area contributed by atoms with Crippen LogP contribution in [0.15, 0.2) is 0 Å². The van der Waals surface area contributed by atoms with Crippen molar-refractivity contribution in [2.75, 3.05) is 28.4 Å². The van der Waals surface area contributed by atoms with Crippen molar-refractivity contribution in [2.24, 2.45) is 0 Å². The molecule has 0 aromatic rings. The summed E-state index contributed by atoms with van der Waals surface area (Å²) in [5.41, 5.74) is 0. The van der Waals surface area contributed by atoms with Crippen molar-refractivity contribution in [1.82, 2.24) is 0 Å². The zero-order chi connectivity index (χ0) is 32.1. The number of hydrogen-bond acceptors (Lipinski definition) is 14. The summed E-state index contributed by atoms with van der Waals surface area (Å²) >= 11 is 0. The lowest BCUT2D eigenvalue weighted by molar-refractivity contribution is -0.345. The molecule has 0 aromatic carbocycles. The molecule has 4 aliphatic rings. The monoisotopic (exact) mass is 636 g/mol. The SMILES string of the molecule is CO[C@H]1CC(O)O[C@@H](C)[C@@H]1O[C@H]1C[C@H](OC)[C@@H](O[C@H]2C[C@H](OC)[C@@H](O[C@H]3C[C@H](OC)[C@@H](OC(C)=O)[C@H](C)O3)[C@H](C)O2)[C@H](C)O1. The van der Waals surface area contributed by atoms with Crippen LogP contribution >= 0.6 is 0 Å². The van der Waals surface area contributed by atoms with Crippen LogP contribution in [0.1, 0.15) is 60.3 Å². The minimum atomic E-state index is -0.898. The van der Waals surface area contributed by atoms with E-state index in [1.54, 1.807) is 28.4 Å². The molecule has 4 fully saturated rings. The van der Waals surface area contributed by atoms with Gasteiger partial charge in [-0.15, -0.1) is 0 Å². The number of carbonyl (C=O) groups excluding carboxylic acids is 1. The van der Waals surface area contributed by atoms with E-state index >= 15 is 0 Å². The van der Waals surface area contributed by atoms with E-state index in [0.29, 0.717) is 25.7 Å². The Labute approximate surface area is 260 Å². The highest BCUT2D eigenvalue weighted by molar-refractivity contribution is 5.66. The molecule has 0 aliphatic carbocycles. The van der Waals surface area contributed by atoms with Crippen LogP contribution in [0.25, 0.3) is 0 Å². The Balaban J connectivity index is 1.33. The molecule has 256 valence electrons. The maximum Gasteiger partial charge on any atom is 0.303 e. The fourth-order valence-electron chi connectivity index (χ4n) is 6.68. The van der Waals surface area contributed by atoms with E-state index in [-0.39, 0.29) is 36.6 Å². The van der Waals surface area contributed by atoms with Gasteiger partial charge in [-0.3, -0.25) is 4.79 Å². The van der Waals surface area contributed by atoms with Gasteiger partial charge in [0.25, 0.3) is 0 Å². The second kappa shape index (κ2) is 16.2. The van der Waals surface area contributed by atoms with Crippen LogP contribution in [0.4, 0.5) is 0 Å². The van der Waals surface area contributed by atoms with E-state index in [1.165, 1.54) is 6.92 Å². The average molecular weight is 637 g/mol. The Hall–Kier alpha value is -1.01. The topological polar surface area (TPSA) is 148 Å². The van der Waals surface area contributed by atoms with Crippen LogP contribution in [-0.4, -0.2) is 138 Å². The van der Waals surface area contributed by atoms with Crippen LogP contribution in [0, 0.1) is 0 Å². The first kappa shape index (κ1) is 35.8. The molecular weight excluding hydrogens is 584 g/mol. The summed E-state index contributed by atoms with van der Waals surface area (Å²) in [4.78, 5) is 11.6. The fourth-order valence-corrected chi connectivity index (χ4v) is 6.68. The quantitative estimate of drug-likeness (QED) is 0.328. The van der Waals surface area contributed by atoms with E-state index in [2.05, 4.69) is 0 Å². The number of hydrogen-bond donors (Lipinski definition) is 1. The van der Waals surface area contributed by atoms with Crippen LogP contribution in [0.5, 0.6) is 0 Å². The largest absolute Gasteiger partial charge is 0.457 e. The predicted molar refractivity (Wildman–Crippen MR) is 151 cm³/mol. The summed E-state index contributed by atoms with van der Waals surface area (Å²) in [6.07, 6.45) is -5.96. The molecule has 0 radical (unpaired) electrons. The van der Waals surface area contributed by atoms with Gasteiger partial charge in [0.15, 0.2) is 31.3 Å². The normalized spacial score (nSPS) is 46.9. The van der Waals surface area contributed by atoms with Gasteiger partial charge < -0.3 is 61.9 Å². The van der Waals surface area contributed by atoms with Crippen LogP contribution < -0.4 is 0 Å². The molecule has 4 aliphatic heterocycles. The zero-order valence-corrected chi connectivity index (χ0v) is 27.3. The summed E-state index contributed by atoms with van der Waals surface area (Å²) in [6, 6.07) is 0. The lowest BCUT2D eigenvalue weighted by Gasteiger charge is -2.47. The maximum absolute atomic E-state index is 11.6. The van der Waals surface area contributed by atoms with E-state index in [4.69, 9.17) is 56.8 Å². The fraction of sp³-hybridized carbons (Fsp3) is 0.967. The molecule has 0 aromatic heterocycles. The zero-order valence-electron chi connectivity index (χ0n) is 27.3. The van der Waals surface area contributed by atoms with Crippen molar-refractivity contribution in [3.05, 3.63) is 0 Å². The number of aliphatic hydroxyl groups is 1. The van der Waals surface area contributed by atoms with Crippen molar-refractivity contribution in [3.63, 3.8) is 0 Å². The lowest BCUT2D eigenvalue weighted by Crippen LogP contribution is -2.58. The highest BCUT2D eigenvalue weighted by atomic mass is 16.8. The van der Waals surface area contributed by atoms with Gasteiger partial charge in [0.1, 0.15) is 24.4 Å². The molecule has 0 amide bonds. The molecule has 0 spiro atoms. The highest BCUT2D eigenvalue weighted by Crippen LogP contribution is 2.35. The summed E-state index contributed by atoms with van der Waals surface area (Å²) in [6.45, 7) is 8.85. The third kappa shape index (κ3) is 8.66. The van der Waals surface area contributed by atoms with Crippen LogP contribution in [0.2, 0.25) is 0 Å².